The number of nitrogens with one attached hydrogen (secondary N) is 2. The van der Waals surface area contributed by atoms with Crippen LogP contribution in [0.15, 0.2) is 11.1 Å². The maximum absolute atomic E-state index is 12.6. The van der Waals surface area contributed by atoms with Crippen molar-refractivity contribution in [2.75, 3.05) is 25.1 Å². The van der Waals surface area contributed by atoms with Gasteiger partial charge in [0.15, 0.2) is 0 Å². The Morgan fingerprint density at radius 2 is 2.14 bits per heavy atom. The van der Waals surface area contributed by atoms with E-state index in [1.54, 1.807) is 0 Å². The zero-order valence-corrected chi connectivity index (χ0v) is 13.2. The quantitative estimate of drug-likeness (QED) is 0.635. The maximum Gasteiger partial charge on any atom is 0.248 e. The molecule has 9 nitrogen and oxygen atoms in total. The van der Waals surface area contributed by atoms with E-state index >= 15 is 0 Å². The van der Waals surface area contributed by atoms with Gasteiger partial charge < -0.3 is 5.73 Å². The maximum atomic E-state index is 12.6. The lowest BCUT2D eigenvalue weighted by molar-refractivity contribution is 0.253. The smallest absolute Gasteiger partial charge is 0.248 e. The van der Waals surface area contributed by atoms with Crippen molar-refractivity contribution < 1.29 is 16.8 Å². The largest absolute Gasteiger partial charge is 0.383 e. The van der Waals surface area contributed by atoms with Crippen LogP contribution in [0.4, 0.5) is 5.82 Å². The van der Waals surface area contributed by atoms with Gasteiger partial charge in [-0.15, -0.1) is 0 Å². The summed E-state index contributed by atoms with van der Waals surface area (Å²) in [6, 6.07) is -0.423. The number of anilines is 1. The highest BCUT2D eigenvalue weighted by Crippen LogP contribution is 2.27. The molecule has 1 fully saturated rings. The molecule has 11 heteroatoms. The summed E-state index contributed by atoms with van der Waals surface area (Å²) in [5.41, 5.74) is 5.59. The van der Waals surface area contributed by atoms with Crippen LogP contribution >= 0.6 is 0 Å². The molecule has 0 spiro atoms. The van der Waals surface area contributed by atoms with Gasteiger partial charge >= 0.3 is 0 Å². The van der Waals surface area contributed by atoms with Gasteiger partial charge in [0.05, 0.1) is 12.5 Å². The zero-order chi connectivity index (χ0) is 15.7. The van der Waals surface area contributed by atoms with E-state index in [2.05, 4.69) is 14.9 Å². The minimum absolute atomic E-state index is 0.0182. The molecule has 120 valence electrons. The lowest BCUT2D eigenvalue weighted by atomic mass is 10.1. The SMILES string of the molecule is CS(=O)(=O)NCC1CCCCN1S(=O)(=O)c1cn[nH]c1N. The van der Waals surface area contributed by atoms with Gasteiger partial charge in [0.1, 0.15) is 10.7 Å². The van der Waals surface area contributed by atoms with Crippen LogP contribution in [0.2, 0.25) is 0 Å². The number of piperidine rings is 1. The number of hydrogen-bond acceptors (Lipinski definition) is 6. The first-order valence-electron chi connectivity index (χ1n) is 6.47. The molecule has 2 heterocycles. The van der Waals surface area contributed by atoms with E-state index in [1.165, 1.54) is 10.5 Å². The van der Waals surface area contributed by atoms with E-state index in [1.807, 2.05) is 0 Å². The Labute approximate surface area is 124 Å². The fourth-order valence-corrected chi connectivity index (χ4v) is 4.56. The van der Waals surface area contributed by atoms with E-state index in [4.69, 9.17) is 5.73 Å². The monoisotopic (exact) mass is 337 g/mol. The second kappa shape index (κ2) is 5.91. The van der Waals surface area contributed by atoms with Crippen LogP contribution in [0.25, 0.3) is 0 Å². The average Bonchev–Trinajstić information content (AvgIpc) is 2.83. The van der Waals surface area contributed by atoms with Crippen LogP contribution in [0.5, 0.6) is 0 Å². The summed E-state index contributed by atoms with van der Waals surface area (Å²) in [6.07, 6.45) is 4.39. The molecule has 4 N–H and O–H groups in total. The zero-order valence-electron chi connectivity index (χ0n) is 11.6. The van der Waals surface area contributed by atoms with Gasteiger partial charge in [-0.2, -0.15) is 9.40 Å². The van der Waals surface area contributed by atoms with E-state index in [-0.39, 0.29) is 17.3 Å². The summed E-state index contributed by atoms with van der Waals surface area (Å²) in [6.45, 7) is 0.388. The van der Waals surface area contributed by atoms with Crippen LogP contribution in [0, 0.1) is 0 Å². The number of H-pyrrole nitrogens is 1. The highest BCUT2D eigenvalue weighted by atomic mass is 32.2. The Bertz CT molecular complexity index is 697. The molecule has 1 aliphatic rings. The van der Waals surface area contributed by atoms with Crippen molar-refractivity contribution in [1.82, 2.24) is 19.2 Å². The molecule has 0 bridgehead atoms. The molecule has 0 aliphatic carbocycles. The first kappa shape index (κ1) is 16.2. The second-order valence-corrected chi connectivity index (χ2v) is 8.73. The summed E-state index contributed by atoms with van der Waals surface area (Å²) in [4.78, 5) is -0.0752. The molecule has 1 saturated heterocycles. The lowest BCUT2D eigenvalue weighted by Gasteiger charge is -2.34. The number of aromatic amines is 1. The van der Waals surface area contributed by atoms with Crippen molar-refractivity contribution in [2.45, 2.75) is 30.2 Å². The molecular weight excluding hydrogens is 318 g/mol. The summed E-state index contributed by atoms with van der Waals surface area (Å²) in [5.74, 6) is -0.0182. The highest BCUT2D eigenvalue weighted by Gasteiger charge is 2.35. The Morgan fingerprint density at radius 3 is 2.71 bits per heavy atom. The van der Waals surface area contributed by atoms with E-state index < -0.39 is 26.1 Å². The minimum atomic E-state index is -3.79. The number of nitrogens with two attached hydrogens (primary N) is 1. The molecule has 2 rings (SSSR count). The van der Waals surface area contributed by atoms with Crippen molar-refractivity contribution in [3.05, 3.63) is 6.20 Å². The van der Waals surface area contributed by atoms with Gasteiger partial charge in [-0.1, -0.05) is 6.42 Å². The lowest BCUT2D eigenvalue weighted by Crippen LogP contribution is -2.49. The van der Waals surface area contributed by atoms with Crippen LogP contribution in [-0.4, -0.2) is 56.7 Å². The van der Waals surface area contributed by atoms with Crippen LogP contribution in [0.1, 0.15) is 19.3 Å². The third kappa shape index (κ3) is 3.73. The van der Waals surface area contributed by atoms with Crippen LogP contribution < -0.4 is 10.5 Å². The fraction of sp³-hybridized carbons (Fsp3) is 0.700. The van der Waals surface area contributed by atoms with Crippen molar-refractivity contribution in [3.8, 4) is 0 Å². The van der Waals surface area contributed by atoms with E-state index in [9.17, 15) is 16.8 Å². The number of aromatic nitrogens is 2. The number of hydrogen-bond donors (Lipinski definition) is 3. The molecule has 1 aliphatic heterocycles. The molecule has 1 unspecified atom stereocenters. The van der Waals surface area contributed by atoms with Gasteiger partial charge in [-0.3, -0.25) is 5.10 Å². The standard InChI is InChI=1S/C10H19N5O4S2/c1-20(16,17)13-6-8-4-2-3-5-15(8)21(18,19)9-7-12-14-10(9)11/h7-8,13H,2-6H2,1H3,(H3,11,12,14). The molecule has 0 saturated carbocycles. The summed E-state index contributed by atoms with van der Waals surface area (Å²) in [5, 5.41) is 6.02. The Morgan fingerprint density at radius 1 is 1.43 bits per heavy atom. The molecule has 0 radical (unpaired) electrons. The van der Waals surface area contributed by atoms with Gasteiger partial charge in [-0.25, -0.2) is 21.6 Å². The topological polar surface area (TPSA) is 138 Å². The van der Waals surface area contributed by atoms with Gasteiger partial charge in [0.25, 0.3) is 0 Å². The second-order valence-electron chi connectivity index (χ2n) is 5.03. The van der Waals surface area contributed by atoms with Crippen LogP contribution in [-0.2, 0) is 20.0 Å². The fourth-order valence-electron chi connectivity index (χ4n) is 2.36. The Kier molecular flexibility index (Phi) is 4.56. The first-order chi connectivity index (χ1) is 9.72. The molecule has 0 amide bonds. The van der Waals surface area contributed by atoms with Crippen molar-refractivity contribution in [1.29, 1.82) is 0 Å². The average molecular weight is 337 g/mol. The molecular formula is C10H19N5O4S2. The number of nitrogens with zero attached hydrogens (tertiary/aromatic N) is 2. The third-order valence-electron chi connectivity index (χ3n) is 3.37. The van der Waals surface area contributed by atoms with E-state index in [0.717, 1.165) is 19.1 Å². The van der Waals surface area contributed by atoms with Crippen molar-refractivity contribution in [2.24, 2.45) is 0 Å². The predicted molar refractivity (Wildman–Crippen MR) is 77.4 cm³/mol. The summed E-state index contributed by atoms with van der Waals surface area (Å²) >= 11 is 0. The van der Waals surface area contributed by atoms with Gasteiger partial charge in [0.2, 0.25) is 20.0 Å². The summed E-state index contributed by atoms with van der Waals surface area (Å²) in [7, 11) is -7.16. The molecule has 21 heavy (non-hydrogen) atoms. The molecule has 1 atom stereocenters. The Hall–Kier alpha value is -1.17. The molecule has 1 aromatic heterocycles. The number of rotatable bonds is 5. The molecule has 1 aromatic rings. The van der Waals surface area contributed by atoms with E-state index in [0.29, 0.717) is 13.0 Å². The molecule has 0 aromatic carbocycles. The van der Waals surface area contributed by atoms with Crippen molar-refractivity contribution in [3.63, 3.8) is 0 Å². The first-order valence-corrected chi connectivity index (χ1v) is 9.80. The third-order valence-corrected chi connectivity index (χ3v) is 6.04. The normalized spacial score (nSPS) is 21.5. The van der Waals surface area contributed by atoms with Gasteiger partial charge in [-0.05, 0) is 12.8 Å². The number of sulfonamides is 2. The Balaban J connectivity index is 2.24. The summed E-state index contributed by atoms with van der Waals surface area (Å²) < 4.78 is 51.3. The van der Waals surface area contributed by atoms with Gasteiger partial charge in [0, 0.05) is 19.1 Å². The number of nitrogen functional groups attached to an aromatic ring is 1. The van der Waals surface area contributed by atoms with Crippen LogP contribution in [0.3, 0.4) is 0 Å². The van der Waals surface area contributed by atoms with Crippen molar-refractivity contribution >= 4 is 25.9 Å². The minimum Gasteiger partial charge on any atom is -0.383 e. The highest BCUT2D eigenvalue weighted by molar-refractivity contribution is 7.89. The predicted octanol–water partition coefficient (Wildman–Crippen LogP) is -0.916.